The number of nitrogens with zero attached hydrogens (tertiary/aromatic N) is 3. The molecule has 1 aliphatic heterocycles. The Labute approximate surface area is 203 Å². The summed E-state index contributed by atoms with van der Waals surface area (Å²) in [6, 6.07) is 25.2. The molecule has 0 atom stereocenters. The van der Waals surface area contributed by atoms with Gasteiger partial charge in [-0.05, 0) is 35.9 Å². The molecule has 1 amide bonds. The van der Waals surface area contributed by atoms with Crippen molar-refractivity contribution in [2.45, 2.75) is 0 Å². The summed E-state index contributed by atoms with van der Waals surface area (Å²) in [6.45, 7) is 0. The predicted octanol–water partition coefficient (Wildman–Crippen LogP) is 6.42. The molecule has 0 fully saturated rings. The van der Waals surface area contributed by atoms with E-state index in [2.05, 4.69) is 21.0 Å². The van der Waals surface area contributed by atoms with Gasteiger partial charge in [0.1, 0.15) is 11.5 Å². The lowest BCUT2D eigenvalue weighted by molar-refractivity contribution is -0.114. The number of anilines is 1. The van der Waals surface area contributed by atoms with E-state index in [1.165, 1.54) is 16.3 Å². The Kier molecular flexibility index (Phi) is 5.90. The van der Waals surface area contributed by atoms with Crippen LogP contribution in [-0.2, 0) is 4.79 Å². The van der Waals surface area contributed by atoms with Gasteiger partial charge in [-0.1, -0.05) is 70.5 Å². The van der Waals surface area contributed by atoms with E-state index in [0.717, 1.165) is 32.6 Å². The second kappa shape index (κ2) is 9.13. The number of ether oxygens (including phenoxy) is 1. The highest BCUT2D eigenvalue weighted by Gasteiger charge is 2.33. The van der Waals surface area contributed by atoms with Crippen molar-refractivity contribution in [2.75, 3.05) is 12.1 Å². The van der Waals surface area contributed by atoms with Gasteiger partial charge in [0, 0.05) is 21.0 Å². The molecule has 5 rings (SSSR count). The summed E-state index contributed by atoms with van der Waals surface area (Å²) in [6.07, 6.45) is 1.86. The van der Waals surface area contributed by atoms with E-state index >= 15 is 0 Å². The molecule has 3 aromatic carbocycles. The highest BCUT2D eigenvalue weighted by atomic mass is 79.9. The van der Waals surface area contributed by atoms with Crippen molar-refractivity contribution < 1.29 is 9.53 Å². The van der Waals surface area contributed by atoms with Crippen LogP contribution in [0, 0.1) is 0 Å². The van der Waals surface area contributed by atoms with Gasteiger partial charge in [0.15, 0.2) is 0 Å². The van der Waals surface area contributed by atoms with Crippen LogP contribution in [0.5, 0.6) is 5.75 Å². The fourth-order valence-electron chi connectivity index (χ4n) is 3.47. The van der Waals surface area contributed by atoms with Crippen LogP contribution in [0.4, 0.5) is 5.13 Å². The van der Waals surface area contributed by atoms with Gasteiger partial charge in [0.25, 0.3) is 5.91 Å². The summed E-state index contributed by atoms with van der Waals surface area (Å²) in [5, 5.41) is 8.55. The van der Waals surface area contributed by atoms with Crippen molar-refractivity contribution in [1.29, 1.82) is 0 Å². The van der Waals surface area contributed by atoms with Gasteiger partial charge in [-0.15, -0.1) is 11.3 Å². The number of hydrogen-bond acceptors (Lipinski definition) is 5. The minimum absolute atomic E-state index is 0.207. The normalized spacial score (nSPS) is 14.6. The van der Waals surface area contributed by atoms with Gasteiger partial charge in [-0.3, -0.25) is 4.79 Å². The quantitative estimate of drug-likeness (QED) is 0.288. The zero-order valence-electron chi connectivity index (χ0n) is 17.6. The number of halogens is 1. The average molecular weight is 516 g/mol. The fraction of sp³-hybridized carbons (Fsp3) is 0.0385. The van der Waals surface area contributed by atoms with Crippen molar-refractivity contribution in [1.82, 2.24) is 4.98 Å². The van der Waals surface area contributed by atoms with E-state index in [-0.39, 0.29) is 5.91 Å². The Morgan fingerprint density at radius 3 is 2.36 bits per heavy atom. The number of amides is 1. The number of aromatic nitrogens is 1. The molecule has 2 heterocycles. The topological polar surface area (TPSA) is 54.8 Å². The molecule has 4 aromatic rings. The average Bonchev–Trinajstić information content (AvgIpc) is 3.46. The maximum absolute atomic E-state index is 13.5. The van der Waals surface area contributed by atoms with Gasteiger partial charge in [0.2, 0.25) is 5.13 Å². The first-order valence-electron chi connectivity index (χ1n) is 10.2. The zero-order valence-corrected chi connectivity index (χ0v) is 20.0. The van der Waals surface area contributed by atoms with Crippen LogP contribution in [0.1, 0.15) is 11.1 Å². The minimum atomic E-state index is -0.207. The van der Waals surface area contributed by atoms with Gasteiger partial charge < -0.3 is 4.74 Å². The highest BCUT2D eigenvalue weighted by molar-refractivity contribution is 9.10. The van der Waals surface area contributed by atoms with E-state index in [1.807, 2.05) is 90.3 Å². The summed E-state index contributed by atoms with van der Waals surface area (Å²) in [5.74, 6) is 0.554. The van der Waals surface area contributed by atoms with E-state index < -0.39 is 0 Å². The largest absolute Gasteiger partial charge is 0.497 e. The second-order valence-corrected chi connectivity index (χ2v) is 9.04. The Morgan fingerprint density at radius 1 is 0.939 bits per heavy atom. The monoisotopic (exact) mass is 515 g/mol. The third kappa shape index (κ3) is 4.37. The molecule has 0 N–H and O–H groups in total. The number of hydrogen-bond donors (Lipinski definition) is 0. The van der Waals surface area contributed by atoms with Crippen molar-refractivity contribution in [3.8, 4) is 17.0 Å². The molecule has 0 saturated heterocycles. The van der Waals surface area contributed by atoms with Gasteiger partial charge in [-0.2, -0.15) is 10.1 Å². The van der Waals surface area contributed by atoms with Crippen molar-refractivity contribution in [2.24, 2.45) is 5.10 Å². The van der Waals surface area contributed by atoms with Crippen LogP contribution in [0.3, 0.4) is 0 Å². The molecular weight excluding hydrogens is 498 g/mol. The number of methoxy groups -OCH3 is 1. The lowest BCUT2D eigenvalue weighted by Crippen LogP contribution is -2.21. The Morgan fingerprint density at radius 2 is 1.67 bits per heavy atom. The molecule has 0 saturated carbocycles. The summed E-state index contributed by atoms with van der Waals surface area (Å²) in [5.41, 5.74) is 4.69. The molecule has 0 unspecified atom stereocenters. The van der Waals surface area contributed by atoms with Crippen LogP contribution >= 0.6 is 27.3 Å². The van der Waals surface area contributed by atoms with Gasteiger partial charge in [0.05, 0.1) is 18.4 Å². The maximum Gasteiger partial charge on any atom is 0.283 e. The lowest BCUT2D eigenvalue weighted by Gasteiger charge is -2.07. The summed E-state index contributed by atoms with van der Waals surface area (Å²) >= 11 is 4.85. The predicted molar refractivity (Wildman–Crippen MR) is 137 cm³/mol. The van der Waals surface area contributed by atoms with Crippen LogP contribution in [0.2, 0.25) is 0 Å². The van der Waals surface area contributed by atoms with Crippen LogP contribution < -0.4 is 9.75 Å². The molecule has 5 nitrogen and oxygen atoms in total. The number of hydrazone groups is 1. The van der Waals surface area contributed by atoms with E-state index in [1.54, 1.807) is 7.11 Å². The molecule has 162 valence electrons. The van der Waals surface area contributed by atoms with Crippen LogP contribution in [-0.4, -0.2) is 23.7 Å². The van der Waals surface area contributed by atoms with E-state index in [0.29, 0.717) is 16.4 Å². The molecule has 0 aliphatic carbocycles. The standard InChI is InChI=1S/C26H18BrN3O2S/c1-32-21-13-7-17(8-14-21)15-22-24(19-5-3-2-4-6-19)29-30(25(22)31)26-28-23(16-33-26)18-9-11-20(27)12-10-18/h2-16H,1H3. The first-order chi connectivity index (χ1) is 16.1. The third-order valence-corrected chi connectivity index (χ3v) is 6.51. The second-order valence-electron chi connectivity index (χ2n) is 7.28. The molecule has 0 radical (unpaired) electrons. The number of rotatable bonds is 5. The van der Waals surface area contributed by atoms with Gasteiger partial charge in [-0.25, -0.2) is 4.98 Å². The fourth-order valence-corrected chi connectivity index (χ4v) is 4.51. The number of thiazole rings is 1. The Balaban J connectivity index is 1.54. The van der Waals surface area contributed by atoms with Gasteiger partial charge >= 0.3 is 0 Å². The molecule has 7 heteroatoms. The summed E-state index contributed by atoms with van der Waals surface area (Å²) in [4.78, 5) is 18.2. The zero-order chi connectivity index (χ0) is 22.8. The van der Waals surface area contributed by atoms with Crippen LogP contribution in [0.25, 0.3) is 17.3 Å². The van der Waals surface area contributed by atoms with Crippen molar-refractivity contribution >= 4 is 50.1 Å². The van der Waals surface area contributed by atoms with E-state index in [9.17, 15) is 4.79 Å². The molecule has 0 bridgehead atoms. The maximum atomic E-state index is 13.5. The van der Waals surface area contributed by atoms with Crippen LogP contribution in [0.15, 0.2) is 99.4 Å². The molecular formula is C26H18BrN3O2S. The molecule has 0 spiro atoms. The summed E-state index contributed by atoms with van der Waals surface area (Å²) < 4.78 is 6.24. The van der Waals surface area contributed by atoms with E-state index in [4.69, 9.17) is 9.72 Å². The molecule has 33 heavy (non-hydrogen) atoms. The Hall–Kier alpha value is -3.55. The first kappa shape index (κ1) is 21.3. The highest BCUT2D eigenvalue weighted by Crippen LogP contribution is 2.33. The number of carbonyl (C=O) groups excluding carboxylic acids is 1. The summed E-state index contributed by atoms with van der Waals surface area (Å²) in [7, 11) is 1.63. The third-order valence-electron chi connectivity index (χ3n) is 5.17. The number of benzene rings is 3. The molecule has 1 aliphatic rings. The first-order valence-corrected chi connectivity index (χ1v) is 11.9. The lowest BCUT2D eigenvalue weighted by atomic mass is 10.0. The SMILES string of the molecule is COc1ccc(C=C2C(=O)N(c3nc(-c4ccc(Br)cc4)cs3)N=C2c2ccccc2)cc1. The molecule has 1 aromatic heterocycles. The smallest absolute Gasteiger partial charge is 0.283 e. The number of carbonyl (C=O) groups is 1. The van der Waals surface area contributed by atoms with Crippen molar-refractivity contribution in [3.63, 3.8) is 0 Å². The van der Waals surface area contributed by atoms with Crippen molar-refractivity contribution in [3.05, 3.63) is 105 Å². The Bertz CT molecular complexity index is 1360. The minimum Gasteiger partial charge on any atom is -0.497 e.